The van der Waals surface area contributed by atoms with Gasteiger partial charge in [0.1, 0.15) is 5.75 Å². The van der Waals surface area contributed by atoms with Gasteiger partial charge in [-0.1, -0.05) is 53.5 Å². The number of carbonyl (C=O) groups is 1. The summed E-state index contributed by atoms with van der Waals surface area (Å²) in [6, 6.07) is 13.3. The van der Waals surface area contributed by atoms with Gasteiger partial charge in [-0.25, -0.2) is 0 Å². The van der Waals surface area contributed by atoms with E-state index >= 15 is 0 Å². The third kappa shape index (κ3) is 9.74. The van der Waals surface area contributed by atoms with Crippen molar-refractivity contribution in [1.82, 2.24) is 4.90 Å². The molecule has 1 amide bonds. The Hall–Kier alpha value is -0.738. The fourth-order valence-electron chi connectivity index (χ4n) is 2.37. The molecule has 0 saturated carbocycles. The number of amides is 1. The molecule has 0 radical (unpaired) electrons. The molecule has 0 heterocycles. The van der Waals surface area contributed by atoms with Crippen molar-refractivity contribution < 1.29 is 40.6 Å². The summed E-state index contributed by atoms with van der Waals surface area (Å²) in [5, 5.41) is 8.86. The number of likely N-dealkylation sites (N-methyl/N-ethyl adjacent to an activating group) is 2. The molecule has 5 nitrogen and oxygen atoms in total. The molecule has 1 unspecified atom stereocenters. The van der Waals surface area contributed by atoms with E-state index in [0.717, 1.165) is 17.9 Å². The predicted octanol–water partition coefficient (Wildman–Crippen LogP) is 5.72. The molecule has 0 saturated heterocycles. The molecule has 2 rings (SSSR count). The molecule has 0 fully saturated rings. The second-order valence-electron chi connectivity index (χ2n) is 6.15. The van der Waals surface area contributed by atoms with Gasteiger partial charge in [-0.3, -0.25) is 4.79 Å². The van der Waals surface area contributed by atoms with E-state index in [2.05, 4.69) is 10.6 Å². The molecule has 0 aromatic heterocycles. The van der Waals surface area contributed by atoms with Gasteiger partial charge in [0.05, 0.1) is 23.2 Å². The molecule has 0 spiro atoms. The van der Waals surface area contributed by atoms with Gasteiger partial charge in [0, 0.05) is 7.05 Å². The van der Waals surface area contributed by atoms with Crippen LogP contribution in [0.1, 0.15) is 24.1 Å². The summed E-state index contributed by atoms with van der Waals surface area (Å²) < 4.78 is 5.02. The fraction of sp³-hybridized carbons (Fsp3) is 0.381. The number of nitrogens with zero attached hydrogens (tertiary/aromatic N) is 3. The van der Waals surface area contributed by atoms with Crippen LogP contribution in [0.2, 0.25) is 10.0 Å². The normalized spacial score (nSPS) is 10.9. The van der Waals surface area contributed by atoms with Crippen molar-refractivity contribution >= 4 is 29.1 Å². The van der Waals surface area contributed by atoms with Gasteiger partial charge in [0.15, 0.2) is 0 Å². The summed E-state index contributed by atoms with van der Waals surface area (Å²) >= 11 is 11.8. The zero-order valence-corrected chi connectivity index (χ0v) is 23.1. The number of rotatable bonds is 7. The number of halogens is 2. The first-order chi connectivity index (χ1) is 13.3. The summed E-state index contributed by atoms with van der Waals surface area (Å²) in [6.45, 7) is 2.92. The summed E-state index contributed by atoms with van der Waals surface area (Å²) in [4.78, 5) is 13.3. The molecule has 0 aliphatic carbocycles. The van der Waals surface area contributed by atoms with Crippen LogP contribution in [0.4, 0.5) is 0 Å². The molecule has 0 aliphatic heterocycles. The van der Waals surface area contributed by atoms with Crippen molar-refractivity contribution in [3.8, 4) is 5.75 Å². The smallest absolute Gasteiger partial charge is 0.661 e. The minimum absolute atomic E-state index is 0. The predicted molar refractivity (Wildman–Crippen MR) is 118 cm³/mol. The monoisotopic (exact) mass is 661 g/mol. The van der Waals surface area contributed by atoms with E-state index < -0.39 is 0 Å². The average Bonchev–Trinajstić information content (AvgIpc) is 2.70. The molecule has 0 aliphatic rings. The van der Waals surface area contributed by atoms with E-state index in [1.165, 1.54) is 5.56 Å². The van der Waals surface area contributed by atoms with Crippen LogP contribution in [0, 0.1) is 31.1 Å². The van der Waals surface area contributed by atoms with Crippen LogP contribution in [0.3, 0.4) is 0 Å². The van der Waals surface area contributed by atoms with E-state index in [9.17, 15) is 4.79 Å². The van der Waals surface area contributed by atoms with E-state index in [0.29, 0.717) is 10.0 Å². The van der Waals surface area contributed by atoms with Gasteiger partial charge in [-0.2, -0.15) is 14.1 Å². The van der Waals surface area contributed by atoms with Crippen molar-refractivity contribution in [2.45, 2.75) is 19.5 Å². The van der Waals surface area contributed by atoms with Crippen molar-refractivity contribution in [3.05, 3.63) is 74.3 Å². The molecule has 2 aromatic carbocycles. The third-order valence-corrected chi connectivity index (χ3v) is 4.93. The van der Waals surface area contributed by atoms with Crippen LogP contribution in [0.5, 0.6) is 5.75 Å². The molecule has 0 bridgehead atoms. The number of carbonyl (C=O) groups excluding carboxylic acids is 1. The number of methoxy groups -OCH3 is 1. The van der Waals surface area contributed by atoms with Gasteiger partial charge in [0.25, 0.3) is 0 Å². The molecule has 0 N–H and O–H groups in total. The topological polar surface area (TPSA) is 57.7 Å². The quantitative estimate of drug-likeness (QED) is 0.382. The molecule has 1 atom stereocenters. The average molecular weight is 662 g/mol. The Morgan fingerprint density at radius 2 is 1.69 bits per heavy atom. The Bertz CT molecular complexity index is 745. The van der Waals surface area contributed by atoms with Crippen molar-refractivity contribution in [3.63, 3.8) is 0 Å². The maximum atomic E-state index is 11.7. The minimum Gasteiger partial charge on any atom is -0.661 e. The summed E-state index contributed by atoms with van der Waals surface area (Å²) in [5.41, 5.74) is 2.17. The number of hydrogen-bond donors (Lipinski definition) is 0. The second-order valence-corrected chi connectivity index (χ2v) is 6.97. The molecular weight excluding hydrogens is 635 g/mol. The van der Waals surface area contributed by atoms with E-state index in [1.54, 1.807) is 38.2 Å². The van der Waals surface area contributed by atoms with E-state index in [4.69, 9.17) is 27.9 Å². The molecule has 8 heteroatoms. The van der Waals surface area contributed by atoms with Gasteiger partial charge in [-0.05, 0) is 36.8 Å². The number of hydrogen-bond acceptors (Lipinski definition) is 2. The Kier molecular flexibility index (Phi) is 14.7. The molecule has 156 valence electrons. The largest absolute Gasteiger partial charge is 2.00 e. The summed E-state index contributed by atoms with van der Waals surface area (Å²) in [5.74, 6) is 0.871. The number of ether oxygens (including phenoxy) is 1. The van der Waals surface area contributed by atoms with Crippen molar-refractivity contribution in [1.29, 1.82) is 0 Å². The van der Waals surface area contributed by atoms with Crippen LogP contribution < -0.4 is 4.74 Å². The molecule has 29 heavy (non-hydrogen) atoms. The van der Waals surface area contributed by atoms with Crippen LogP contribution in [0.15, 0.2) is 42.5 Å². The third-order valence-electron chi connectivity index (χ3n) is 4.19. The maximum Gasteiger partial charge on any atom is 2.00 e. The fourth-order valence-corrected chi connectivity index (χ4v) is 2.68. The molecule has 2 aromatic rings. The van der Waals surface area contributed by atoms with Crippen LogP contribution in [-0.2, 0) is 11.3 Å². The van der Waals surface area contributed by atoms with Crippen molar-refractivity contribution in [2.75, 3.05) is 34.8 Å². The van der Waals surface area contributed by atoms with Crippen LogP contribution in [0.25, 0.3) is 10.6 Å². The van der Waals surface area contributed by atoms with E-state index in [-0.39, 0.29) is 49.6 Å². The van der Waals surface area contributed by atoms with Gasteiger partial charge in [0.2, 0.25) is 5.91 Å². The standard InChI is InChI=1S/C12H15Cl2N2O.C9H12NO.U/c1-8(16(3)12(17)7-15-2)9-4-5-10(13)11(14)6-9;1-10-7-8-3-5-9(11-2)6-4-8;/h4-6,8H,7H2,1-3H3;3-6H,7H2,1-2H3;/q2*-1;+2. The maximum absolute atomic E-state index is 11.7. The van der Waals surface area contributed by atoms with E-state index in [1.807, 2.05) is 44.3 Å². The van der Waals surface area contributed by atoms with Crippen LogP contribution >= 0.6 is 23.2 Å². The Labute approximate surface area is 207 Å². The molecular formula is C21H27Cl2N3O2U. The second kappa shape index (κ2) is 15.1. The number of benzene rings is 2. The Morgan fingerprint density at radius 3 is 2.17 bits per heavy atom. The van der Waals surface area contributed by atoms with Gasteiger partial charge in [-0.15, -0.1) is 6.54 Å². The first-order valence-electron chi connectivity index (χ1n) is 8.78. The van der Waals surface area contributed by atoms with Crippen LogP contribution in [-0.4, -0.2) is 45.6 Å². The SMILES string of the molecule is C[N-]CC(=O)N(C)C(C)c1ccc(Cl)c(Cl)c1.C[N-]Cc1ccc(OC)cc1.[U+2]. The van der Waals surface area contributed by atoms with Gasteiger partial charge < -0.3 is 20.3 Å². The first kappa shape index (κ1) is 28.3. The summed E-state index contributed by atoms with van der Waals surface area (Å²) in [6.07, 6.45) is 0. The van der Waals surface area contributed by atoms with Crippen molar-refractivity contribution in [2.24, 2.45) is 0 Å². The van der Waals surface area contributed by atoms with Gasteiger partial charge >= 0.3 is 31.1 Å². The summed E-state index contributed by atoms with van der Waals surface area (Å²) in [7, 11) is 6.85. The first-order valence-corrected chi connectivity index (χ1v) is 9.54. The Morgan fingerprint density at radius 1 is 1.07 bits per heavy atom. The minimum atomic E-state index is -0.0565. The Balaban J connectivity index is 0.000000568. The zero-order valence-electron chi connectivity index (χ0n) is 17.4. The zero-order chi connectivity index (χ0) is 21.1.